The van der Waals surface area contributed by atoms with Gasteiger partial charge in [-0.2, -0.15) is 0 Å². The average molecular weight is 276 g/mol. The van der Waals surface area contributed by atoms with Crippen LogP contribution in [0.25, 0.3) is 0 Å². The van der Waals surface area contributed by atoms with Gasteiger partial charge in [-0.05, 0) is 19.8 Å². The summed E-state index contributed by atoms with van der Waals surface area (Å²) >= 11 is 7.13. The van der Waals surface area contributed by atoms with Crippen LogP contribution in [0.5, 0.6) is 5.75 Å². The summed E-state index contributed by atoms with van der Waals surface area (Å²) in [5.41, 5.74) is -0.240. The number of methoxy groups -OCH3 is 1. The number of amides is 1. The summed E-state index contributed by atoms with van der Waals surface area (Å²) in [7, 11) is 1.59. The highest BCUT2D eigenvalue weighted by atomic mass is 35.5. The Hall–Kier alpha value is -0.740. The summed E-state index contributed by atoms with van der Waals surface area (Å²) in [5.74, 6) is 1.20. The molecule has 96 valence electrons. The second-order valence-electron chi connectivity index (χ2n) is 4.16. The predicted molar refractivity (Wildman–Crippen MR) is 72.4 cm³/mol. The summed E-state index contributed by atoms with van der Waals surface area (Å²) < 4.78 is 5.06. The first kappa shape index (κ1) is 14.3. The zero-order valence-electron chi connectivity index (χ0n) is 10.4. The minimum atomic E-state index is -0.240. The van der Waals surface area contributed by atoms with Crippen molar-refractivity contribution >= 4 is 28.8 Å². The molecule has 3 nitrogen and oxygen atoms in total. The van der Waals surface area contributed by atoms with Crippen molar-refractivity contribution in [2.75, 3.05) is 13.0 Å². The number of nitrogens with one attached hydrogen (secondary N) is 1. The van der Waals surface area contributed by atoms with Gasteiger partial charge in [0.1, 0.15) is 5.75 Å². The van der Waals surface area contributed by atoms with E-state index in [1.807, 2.05) is 19.2 Å². The third-order valence-electron chi connectivity index (χ3n) is 2.88. The molecule has 0 aliphatic rings. The number of hydrogen-bond donors (Lipinski definition) is 1. The van der Waals surface area contributed by atoms with Gasteiger partial charge in [0.25, 0.3) is 5.91 Å². The molecule has 0 saturated carbocycles. The fourth-order valence-electron chi connectivity index (χ4n) is 1.42. The van der Waals surface area contributed by atoms with Gasteiger partial charge in [-0.25, -0.2) is 0 Å². The van der Waals surface area contributed by atoms with Crippen molar-refractivity contribution in [3.05, 3.63) is 16.3 Å². The maximum absolute atomic E-state index is 12.0. The molecule has 0 aliphatic heterocycles. The van der Waals surface area contributed by atoms with Gasteiger partial charge >= 0.3 is 0 Å². The molecule has 0 aromatic carbocycles. The van der Waals surface area contributed by atoms with Gasteiger partial charge in [-0.15, -0.1) is 22.9 Å². The zero-order valence-corrected chi connectivity index (χ0v) is 12.0. The lowest BCUT2D eigenvalue weighted by Crippen LogP contribution is -2.45. The van der Waals surface area contributed by atoms with Crippen LogP contribution in [0.2, 0.25) is 0 Å². The third-order valence-corrected chi connectivity index (χ3v) is 3.97. The zero-order chi connectivity index (χ0) is 12.9. The van der Waals surface area contributed by atoms with Crippen LogP contribution in [0, 0.1) is 0 Å². The van der Waals surface area contributed by atoms with E-state index in [2.05, 4.69) is 5.32 Å². The Kier molecular flexibility index (Phi) is 5.28. The molecule has 0 aliphatic carbocycles. The van der Waals surface area contributed by atoms with E-state index in [0.29, 0.717) is 10.8 Å². The number of thiophene rings is 1. The number of rotatable bonds is 6. The minimum absolute atomic E-state index is 0.0623. The Labute approximate surface area is 111 Å². The third kappa shape index (κ3) is 3.89. The van der Waals surface area contributed by atoms with E-state index in [-0.39, 0.29) is 11.4 Å². The maximum atomic E-state index is 12.0. The normalized spacial score (nSPS) is 14.1. The molecule has 1 amide bonds. The Morgan fingerprint density at radius 1 is 1.65 bits per heavy atom. The Bertz CT molecular complexity index is 380. The Balaban J connectivity index is 2.70. The molecule has 1 rings (SSSR count). The number of hydrogen-bond acceptors (Lipinski definition) is 3. The highest BCUT2D eigenvalue weighted by molar-refractivity contribution is 7.12. The monoisotopic (exact) mass is 275 g/mol. The fourth-order valence-corrected chi connectivity index (χ4v) is 2.58. The van der Waals surface area contributed by atoms with Gasteiger partial charge in [0.05, 0.1) is 12.0 Å². The molecule has 0 spiro atoms. The highest BCUT2D eigenvalue weighted by Crippen LogP contribution is 2.23. The minimum Gasteiger partial charge on any atom is -0.496 e. The quantitative estimate of drug-likeness (QED) is 0.809. The van der Waals surface area contributed by atoms with E-state index in [1.54, 1.807) is 13.2 Å². The van der Waals surface area contributed by atoms with Crippen molar-refractivity contribution in [2.45, 2.75) is 32.2 Å². The predicted octanol–water partition coefficient (Wildman–Crippen LogP) is 3.28. The van der Waals surface area contributed by atoms with E-state index in [1.165, 1.54) is 11.3 Å². The van der Waals surface area contributed by atoms with Gasteiger partial charge in [-0.1, -0.05) is 6.92 Å². The second kappa shape index (κ2) is 6.26. The molecule has 1 N–H and O–H groups in total. The fraction of sp³-hybridized carbons (Fsp3) is 0.583. The number of carbonyl (C=O) groups is 1. The van der Waals surface area contributed by atoms with Crippen molar-refractivity contribution in [2.24, 2.45) is 0 Å². The number of ether oxygens (including phenoxy) is 1. The topological polar surface area (TPSA) is 38.3 Å². The lowest BCUT2D eigenvalue weighted by molar-refractivity contribution is 0.0905. The summed E-state index contributed by atoms with van der Waals surface area (Å²) in [5, 5.41) is 4.85. The van der Waals surface area contributed by atoms with Crippen molar-refractivity contribution in [1.29, 1.82) is 0 Å². The molecule has 0 radical (unpaired) electrons. The summed E-state index contributed by atoms with van der Waals surface area (Å²) in [6.07, 6.45) is 1.62. The van der Waals surface area contributed by atoms with Crippen LogP contribution >= 0.6 is 22.9 Å². The maximum Gasteiger partial charge on any atom is 0.261 e. The molecular formula is C12H18ClNO2S. The van der Waals surface area contributed by atoms with E-state index in [0.717, 1.165) is 18.6 Å². The average Bonchev–Trinajstić information content (AvgIpc) is 2.78. The van der Waals surface area contributed by atoms with Crippen LogP contribution in [-0.2, 0) is 0 Å². The molecule has 1 unspecified atom stereocenters. The first-order chi connectivity index (χ1) is 8.04. The number of alkyl halides is 1. The Morgan fingerprint density at radius 2 is 2.35 bits per heavy atom. The lowest BCUT2D eigenvalue weighted by Gasteiger charge is -2.28. The largest absolute Gasteiger partial charge is 0.496 e. The van der Waals surface area contributed by atoms with Crippen LogP contribution in [0.15, 0.2) is 11.4 Å². The molecule has 5 heteroatoms. The van der Waals surface area contributed by atoms with Crippen LogP contribution in [0.4, 0.5) is 0 Å². The van der Waals surface area contributed by atoms with Gasteiger partial charge in [0, 0.05) is 22.9 Å². The SMILES string of the molecule is CCC(C)(CCCl)NC(=O)c1cc(OC)cs1. The Morgan fingerprint density at radius 3 is 2.82 bits per heavy atom. The molecule has 0 bridgehead atoms. The summed E-state index contributed by atoms with van der Waals surface area (Å²) in [6.45, 7) is 4.06. The molecule has 17 heavy (non-hydrogen) atoms. The molecule has 0 fully saturated rings. The van der Waals surface area contributed by atoms with Crippen LogP contribution in [-0.4, -0.2) is 24.4 Å². The first-order valence-corrected chi connectivity index (χ1v) is 6.97. The van der Waals surface area contributed by atoms with Crippen LogP contribution in [0.3, 0.4) is 0 Å². The molecule has 1 aromatic rings. The van der Waals surface area contributed by atoms with E-state index in [9.17, 15) is 4.79 Å². The van der Waals surface area contributed by atoms with Gasteiger partial charge < -0.3 is 10.1 Å². The van der Waals surface area contributed by atoms with Crippen molar-refractivity contribution in [3.63, 3.8) is 0 Å². The van der Waals surface area contributed by atoms with Gasteiger partial charge in [0.15, 0.2) is 0 Å². The standard InChI is InChI=1S/C12H18ClNO2S/c1-4-12(2,5-6-13)14-11(15)10-7-9(16-3)8-17-10/h7-8H,4-6H2,1-3H3,(H,14,15). The molecule has 1 aromatic heterocycles. The van der Waals surface area contributed by atoms with E-state index >= 15 is 0 Å². The smallest absolute Gasteiger partial charge is 0.261 e. The van der Waals surface area contributed by atoms with Crippen LogP contribution in [0.1, 0.15) is 36.4 Å². The van der Waals surface area contributed by atoms with Gasteiger partial charge in [0.2, 0.25) is 0 Å². The van der Waals surface area contributed by atoms with Crippen molar-refractivity contribution in [3.8, 4) is 5.75 Å². The molecule has 0 saturated heterocycles. The van der Waals surface area contributed by atoms with Crippen molar-refractivity contribution in [1.82, 2.24) is 5.32 Å². The summed E-state index contributed by atoms with van der Waals surface area (Å²) in [4.78, 5) is 12.7. The highest BCUT2D eigenvalue weighted by Gasteiger charge is 2.24. The van der Waals surface area contributed by atoms with E-state index in [4.69, 9.17) is 16.3 Å². The van der Waals surface area contributed by atoms with Crippen LogP contribution < -0.4 is 10.1 Å². The molecule has 1 heterocycles. The molecular weight excluding hydrogens is 258 g/mol. The number of carbonyl (C=O) groups excluding carboxylic acids is 1. The first-order valence-electron chi connectivity index (χ1n) is 5.55. The number of halogens is 1. The summed E-state index contributed by atoms with van der Waals surface area (Å²) in [6, 6.07) is 1.75. The van der Waals surface area contributed by atoms with Gasteiger partial charge in [-0.3, -0.25) is 4.79 Å². The van der Waals surface area contributed by atoms with E-state index < -0.39 is 0 Å². The van der Waals surface area contributed by atoms with Crippen molar-refractivity contribution < 1.29 is 9.53 Å². The lowest BCUT2D eigenvalue weighted by atomic mass is 9.95. The molecule has 1 atom stereocenters. The second-order valence-corrected chi connectivity index (χ2v) is 5.45.